The third kappa shape index (κ3) is 5.60. The second-order valence-corrected chi connectivity index (χ2v) is 2.46. The van der Waals surface area contributed by atoms with Gasteiger partial charge in [0, 0.05) is 17.6 Å². The number of hydrogen-bond acceptors (Lipinski definition) is 1. The van der Waals surface area contributed by atoms with E-state index >= 15 is 0 Å². The number of halogens is 1. The molecule has 0 aliphatic heterocycles. The van der Waals surface area contributed by atoms with Gasteiger partial charge < -0.3 is 5.32 Å². The van der Waals surface area contributed by atoms with E-state index in [0.29, 0.717) is 17.6 Å². The van der Waals surface area contributed by atoms with Crippen molar-refractivity contribution < 1.29 is 0 Å². The quantitative estimate of drug-likeness (QED) is 0.596. The van der Waals surface area contributed by atoms with Gasteiger partial charge in [0.25, 0.3) is 0 Å². The van der Waals surface area contributed by atoms with Crippen LogP contribution in [0.15, 0.2) is 24.3 Å². The molecule has 0 heterocycles. The van der Waals surface area contributed by atoms with Gasteiger partial charge in [0.05, 0.1) is 0 Å². The minimum atomic E-state index is 0.306. The van der Waals surface area contributed by atoms with Gasteiger partial charge in [-0.3, -0.25) is 0 Å². The fourth-order valence-corrected chi connectivity index (χ4v) is 0.432. The van der Waals surface area contributed by atoms with Crippen molar-refractivity contribution in [2.75, 3.05) is 6.54 Å². The van der Waals surface area contributed by atoms with Gasteiger partial charge in [-0.1, -0.05) is 24.3 Å². The summed E-state index contributed by atoms with van der Waals surface area (Å²) in [6.45, 7) is 9.79. The molecule has 0 amide bonds. The fraction of sp³-hybridized carbons (Fsp3) is 0.429. The van der Waals surface area contributed by atoms with Crippen molar-refractivity contribution >= 4 is 11.6 Å². The molecule has 0 spiro atoms. The van der Waals surface area contributed by atoms with Gasteiger partial charge in [0.1, 0.15) is 0 Å². The maximum Gasteiger partial charge on any atom is 0.0312 e. The average Bonchev–Trinajstić information content (AvgIpc) is 1.83. The van der Waals surface area contributed by atoms with E-state index in [9.17, 15) is 0 Å². The highest BCUT2D eigenvalue weighted by Gasteiger charge is 1.92. The van der Waals surface area contributed by atoms with Crippen LogP contribution in [0.4, 0.5) is 0 Å². The lowest BCUT2D eigenvalue weighted by molar-refractivity contribution is 0.683. The van der Waals surface area contributed by atoms with Crippen LogP contribution < -0.4 is 5.32 Å². The minimum absolute atomic E-state index is 0.306. The van der Waals surface area contributed by atoms with Gasteiger partial charge in [-0.05, 0) is 6.92 Å². The van der Waals surface area contributed by atoms with Gasteiger partial charge in [-0.2, -0.15) is 0 Å². The van der Waals surface area contributed by atoms with Crippen molar-refractivity contribution in [1.29, 1.82) is 0 Å². The van der Waals surface area contributed by atoms with Crippen molar-refractivity contribution in [1.82, 2.24) is 5.32 Å². The van der Waals surface area contributed by atoms with Crippen LogP contribution in [0.1, 0.15) is 6.92 Å². The Kier molecular flexibility index (Phi) is 4.46. The normalized spacial score (nSPS) is 12.7. The van der Waals surface area contributed by atoms with Crippen LogP contribution in [-0.4, -0.2) is 12.6 Å². The summed E-state index contributed by atoms with van der Waals surface area (Å²) in [7, 11) is 0. The van der Waals surface area contributed by atoms with Crippen LogP contribution in [0.25, 0.3) is 0 Å². The zero-order valence-corrected chi connectivity index (χ0v) is 6.41. The summed E-state index contributed by atoms with van der Waals surface area (Å²) in [6, 6.07) is 0.306. The number of rotatable bonds is 4. The van der Waals surface area contributed by atoms with Gasteiger partial charge in [-0.25, -0.2) is 0 Å². The van der Waals surface area contributed by atoms with Crippen LogP contribution >= 0.6 is 11.6 Å². The molecule has 1 unspecified atom stereocenters. The molecule has 0 bridgehead atoms. The molecule has 52 valence electrons. The van der Waals surface area contributed by atoms with Gasteiger partial charge >= 0.3 is 0 Å². The fourth-order valence-electron chi connectivity index (χ4n) is 0.355. The molecule has 0 rings (SSSR count). The van der Waals surface area contributed by atoms with Crippen molar-refractivity contribution in [3.05, 3.63) is 24.3 Å². The molecule has 0 aromatic rings. The molecule has 0 fully saturated rings. The number of hydrogen-bond donors (Lipinski definition) is 1. The van der Waals surface area contributed by atoms with Crippen molar-refractivity contribution in [3.63, 3.8) is 0 Å². The first-order valence-electron chi connectivity index (χ1n) is 2.86. The van der Waals surface area contributed by atoms with E-state index in [1.807, 2.05) is 13.0 Å². The molecule has 0 aliphatic rings. The molecule has 0 aromatic heterocycles. The Bertz CT molecular complexity index is 109. The molecule has 0 aliphatic carbocycles. The zero-order valence-electron chi connectivity index (χ0n) is 5.65. The molecule has 9 heavy (non-hydrogen) atoms. The van der Waals surface area contributed by atoms with Crippen molar-refractivity contribution in [3.8, 4) is 0 Å². The first kappa shape index (κ1) is 8.73. The first-order chi connectivity index (χ1) is 4.16. The molecular weight excluding hydrogens is 134 g/mol. The Hall–Kier alpha value is -0.270. The van der Waals surface area contributed by atoms with Gasteiger partial charge in [-0.15, -0.1) is 6.58 Å². The SMILES string of the molecule is C=CC(C)NCC(=C)Cl. The maximum atomic E-state index is 5.49. The van der Waals surface area contributed by atoms with Gasteiger partial charge in [0.2, 0.25) is 0 Å². The van der Waals surface area contributed by atoms with E-state index in [0.717, 1.165) is 0 Å². The minimum Gasteiger partial charge on any atom is -0.306 e. The Morgan fingerprint density at radius 1 is 1.89 bits per heavy atom. The van der Waals surface area contributed by atoms with E-state index in [1.165, 1.54) is 0 Å². The van der Waals surface area contributed by atoms with Crippen molar-refractivity contribution in [2.45, 2.75) is 13.0 Å². The highest BCUT2D eigenvalue weighted by molar-refractivity contribution is 6.29. The van der Waals surface area contributed by atoms with Crippen LogP contribution in [0.2, 0.25) is 0 Å². The van der Waals surface area contributed by atoms with E-state index < -0.39 is 0 Å². The van der Waals surface area contributed by atoms with Crippen LogP contribution in [0.3, 0.4) is 0 Å². The third-order valence-corrected chi connectivity index (χ3v) is 1.10. The molecule has 1 atom stereocenters. The zero-order chi connectivity index (χ0) is 7.28. The average molecular weight is 146 g/mol. The Morgan fingerprint density at radius 2 is 2.44 bits per heavy atom. The molecule has 1 N–H and O–H groups in total. The van der Waals surface area contributed by atoms with Crippen LogP contribution in [-0.2, 0) is 0 Å². The maximum absolute atomic E-state index is 5.49. The molecule has 0 saturated heterocycles. The van der Waals surface area contributed by atoms with E-state index in [-0.39, 0.29) is 0 Å². The summed E-state index contributed by atoms with van der Waals surface area (Å²) >= 11 is 5.49. The topological polar surface area (TPSA) is 12.0 Å². The standard InChI is InChI=1S/C7H12ClN/c1-4-7(3)9-5-6(2)8/h4,7,9H,1-2,5H2,3H3. The highest BCUT2D eigenvalue weighted by atomic mass is 35.5. The predicted molar refractivity (Wildman–Crippen MR) is 42.7 cm³/mol. The Morgan fingerprint density at radius 3 is 2.78 bits per heavy atom. The number of nitrogens with one attached hydrogen (secondary N) is 1. The van der Waals surface area contributed by atoms with Crippen molar-refractivity contribution in [2.24, 2.45) is 0 Å². The van der Waals surface area contributed by atoms with E-state index in [4.69, 9.17) is 11.6 Å². The second-order valence-electron chi connectivity index (χ2n) is 1.92. The molecule has 2 heteroatoms. The summed E-state index contributed by atoms with van der Waals surface area (Å²) in [6.07, 6.45) is 1.82. The summed E-state index contributed by atoms with van der Waals surface area (Å²) in [4.78, 5) is 0. The highest BCUT2D eigenvalue weighted by Crippen LogP contribution is 1.93. The molecule has 0 saturated carbocycles. The van der Waals surface area contributed by atoms with E-state index in [1.54, 1.807) is 0 Å². The summed E-state index contributed by atoms with van der Waals surface area (Å²) in [5.41, 5.74) is 0. The summed E-state index contributed by atoms with van der Waals surface area (Å²) < 4.78 is 0. The summed E-state index contributed by atoms with van der Waals surface area (Å²) in [5.74, 6) is 0. The molecule has 0 radical (unpaired) electrons. The molecular formula is C7H12ClN. The predicted octanol–water partition coefficient (Wildman–Crippen LogP) is 1.90. The van der Waals surface area contributed by atoms with Crippen LogP contribution in [0.5, 0.6) is 0 Å². The van der Waals surface area contributed by atoms with Crippen LogP contribution in [0, 0.1) is 0 Å². The largest absolute Gasteiger partial charge is 0.306 e. The lowest BCUT2D eigenvalue weighted by Crippen LogP contribution is -2.24. The van der Waals surface area contributed by atoms with E-state index in [2.05, 4.69) is 18.5 Å². The smallest absolute Gasteiger partial charge is 0.0312 e. The second kappa shape index (κ2) is 4.59. The monoisotopic (exact) mass is 145 g/mol. The molecule has 0 aromatic carbocycles. The Balaban J connectivity index is 3.26. The first-order valence-corrected chi connectivity index (χ1v) is 3.24. The lowest BCUT2D eigenvalue weighted by atomic mass is 10.3. The van der Waals surface area contributed by atoms with Gasteiger partial charge in [0.15, 0.2) is 0 Å². The molecule has 1 nitrogen and oxygen atoms in total. The lowest BCUT2D eigenvalue weighted by Gasteiger charge is -2.06. The Labute approximate surface area is 61.4 Å². The summed E-state index contributed by atoms with van der Waals surface area (Å²) in [5, 5.41) is 3.71. The third-order valence-electron chi connectivity index (χ3n) is 0.969.